The Hall–Kier alpha value is -0.860. The summed E-state index contributed by atoms with van der Waals surface area (Å²) in [6.07, 6.45) is 4.65. The second-order valence-corrected chi connectivity index (χ2v) is 5.92. The number of hydrogen-bond acceptors (Lipinski definition) is 2. The third-order valence-corrected chi connectivity index (χ3v) is 4.00. The molecular weight excluding hydrogens is 224 g/mol. The van der Waals surface area contributed by atoms with Gasteiger partial charge in [-0.05, 0) is 51.0 Å². The third-order valence-electron chi connectivity index (χ3n) is 4.00. The number of aliphatic hydroxyl groups is 1. The maximum Gasteiger partial charge on any atom is 0.0720 e. The minimum Gasteiger partial charge on any atom is -0.390 e. The second kappa shape index (κ2) is 5.85. The number of ether oxygens (including phenoxy) is 1. The van der Waals surface area contributed by atoms with Crippen molar-refractivity contribution >= 4 is 0 Å². The van der Waals surface area contributed by atoms with Crippen molar-refractivity contribution in [2.45, 2.75) is 57.8 Å². The minimum atomic E-state index is -0.537. The van der Waals surface area contributed by atoms with Crippen molar-refractivity contribution in [1.82, 2.24) is 0 Å². The van der Waals surface area contributed by atoms with Gasteiger partial charge in [-0.2, -0.15) is 0 Å². The normalized spacial score (nSPS) is 25.1. The van der Waals surface area contributed by atoms with E-state index in [-0.39, 0.29) is 0 Å². The monoisotopic (exact) mass is 248 g/mol. The molecule has 0 saturated heterocycles. The first-order valence-electron chi connectivity index (χ1n) is 6.93. The lowest BCUT2D eigenvalue weighted by Gasteiger charge is -2.35. The smallest absolute Gasteiger partial charge is 0.0720 e. The van der Waals surface area contributed by atoms with Crippen LogP contribution >= 0.6 is 0 Å². The van der Waals surface area contributed by atoms with Gasteiger partial charge < -0.3 is 9.84 Å². The molecule has 1 aromatic carbocycles. The zero-order chi connectivity index (χ0) is 13.0. The fourth-order valence-corrected chi connectivity index (χ4v) is 2.72. The van der Waals surface area contributed by atoms with Crippen LogP contribution in [0.15, 0.2) is 30.3 Å². The molecule has 0 aromatic heterocycles. The zero-order valence-electron chi connectivity index (χ0n) is 11.4. The molecule has 0 aliphatic heterocycles. The summed E-state index contributed by atoms with van der Waals surface area (Å²) in [5.41, 5.74) is 0.701. The largest absolute Gasteiger partial charge is 0.390 e. The summed E-state index contributed by atoms with van der Waals surface area (Å²) < 4.78 is 5.95. The van der Waals surface area contributed by atoms with E-state index in [1.165, 1.54) is 5.56 Å². The standard InChI is InChI=1S/C16H24O2/c1-16(2,17)14-8-10-15(11-9-14)18-12-13-6-4-3-5-7-13/h3-7,14-15,17H,8-12H2,1-2H3. The van der Waals surface area contributed by atoms with Crippen LogP contribution in [0, 0.1) is 5.92 Å². The van der Waals surface area contributed by atoms with Gasteiger partial charge in [0, 0.05) is 0 Å². The number of rotatable bonds is 4. The highest BCUT2D eigenvalue weighted by Crippen LogP contribution is 2.33. The number of hydrogen-bond donors (Lipinski definition) is 1. The van der Waals surface area contributed by atoms with Crippen LogP contribution in [-0.4, -0.2) is 16.8 Å². The summed E-state index contributed by atoms with van der Waals surface area (Å²) in [4.78, 5) is 0. The summed E-state index contributed by atoms with van der Waals surface area (Å²) in [6.45, 7) is 4.55. The summed E-state index contributed by atoms with van der Waals surface area (Å²) in [5.74, 6) is 0.425. The summed E-state index contributed by atoms with van der Waals surface area (Å²) in [6, 6.07) is 10.3. The molecule has 0 heterocycles. The summed E-state index contributed by atoms with van der Waals surface area (Å²) in [7, 11) is 0. The van der Waals surface area contributed by atoms with Crippen molar-refractivity contribution in [3.05, 3.63) is 35.9 Å². The van der Waals surface area contributed by atoms with Gasteiger partial charge in [-0.15, -0.1) is 0 Å². The molecule has 1 fully saturated rings. The summed E-state index contributed by atoms with van der Waals surface area (Å²) >= 11 is 0. The molecule has 0 atom stereocenters. The molecule has 0 spiro atoms. The molecule has 1 aliphatic carbocycles. The summed E-state index contributed by atoms with van der Waals surface area (Å²) in [5, 5.41) is 10.00. The quantitative estimate of drug-likeness (QED) is 0.883. The van der Waals surface area contributed by atoms with E-state index in [1.807, 2.05) is 32.0 Å². The van der Waals surface area contributed by atoms with E-state index < -0.39 is 5.60 Å². The number of benzene rings is 1. The van der Waals surface area contributed by atoms with Crippen LogP contribution in [-0.2, 0) is 11.3 Å². The molecule has 1 aromatic rings. The van der Waals surface area contributed by atoms with Crippen LogP contribution in [0.4, 0.5) is 0 Å². The Kier molecular flexibility index (Phi) is 4.41. The van der Waals surface area contributed by atoms with Crippen LogP contribution in [0.5, 0.6) is 0 Å². The maximum absolute atomic E-state index is 10.00. The molecule has 2 nitrogen and oxygen atoms in total. The van der Waals surface area contributed by atoms with Crippen molar-refractivity contribution in [3.63, 3.8) is 0 Å². The van der Waals surface area contributed by atoms with Gasteiger partial charge in [0.05, 0.1) is 18.3 Å². The Morgan fingerprint density at radius 1 is 1.11 bits per heavy atom. The first kappa shape index (κ1) is 13.6. The Morgan fingerprint density at radius 3 is 2.28 bits per heavy atom. The van der Waals surface area contributed by atoms with Gasteiger partial charge in [0.1, 0.15) is 0 Å². The molecular formula is C16H24O2. The fraction of sp³-hybridized carbons (Fsp3) is 0.625. The van der Waals surface area contributed by atoms with Crippen molar-refractivity contribution < 1.29 is 9.84 Å². The lowest BCUT2D eigenvalue weighted by Crippen LogP contribution is -2.35. The van der Waals surface area contributed by atoms with E-state index in [0.29, 0.717) is 18.6 Å². The Balaban J connectivity index is 1.74. The molecule has 0 bridgehead atoms. The van der Waals surface area contributed by atoms with Gasteiger partial charge in [0.2, 0.25) is 0 Å². The average Bonchev–Trinajstić information content (AvgIpc) is 2.37. The Bertz CT molecular complexity index is 345. The molecule has 100 valence electrons. The molecule has 1 N–H and O–H groups in total. The van der Waals surface area contributed by atoms with E-state index >= 15 is 0 Å². The van der Waals surface area contributed by atoms with Crippen LogP contribution in [0.25, 0.3) is 0 Å². The van der Waals surface area contributed by atoms with E-state index in [0.717, 1.165) is 25.7 Å². The van der Waals surface area contributed by atoms with E-state index in [2.05, 4.69) is 12.1 Å². The third kappa shape index (κ3) is 3.82. The molecule has 1 aliphatic rings. The molecule has 0 radical (unpaired) electrons. The van der Waals surface area contributed by atoms with Gasteiger partial charge in [-0.25, -0.2) is 0 Å². The molecule has 2 heteroatoms. The molecule has 0 unspecified atom stereocenters. The van der Waals surface area contributed by atoms with Crippen LogP contribution in [0.3, 0.4) is 0 Å². The van der Waals surface area contributed by atoms with Crippen molar-refractivity contribution in [3.8, 4) is 0 Å². The highest BCUT2D eigenvalue weighted by Gasteiger charge is 2.31. The van der Waals surface area contributed by atoms with Gasteiger partial charge in [0.25, 0.3) is 0 Å². The molecule has 1 saturated carbocycles. The van der Waals surface area contributed by atoms with Gasteiger partial charge in [0.15, 0.2) is 0 Å². The predicted molar refractivity (Wildman–Crippen MR) is 73.3 cm³/mol. The van der Waals surface area contributed by atoms with Crippen LogP contribution in [0.1, 0.15) is 45.1 Å². The molecule has 18 heavy (non-hydrogen) atoms. The second-order valence-electron chi connectivity index (χ2n) is 5.92. The first-order chi connectivity index (χ1) is 8.55. The Labute approximate surface area is 110 Å². The first-order valence-corrected chi connectivity index (χ1v) is 6.93. The topological polar surface area (TPSA) is 29.5 Å². The van der Waals surface area contributed by atoms with Crippen LogP contribution < -0.4 is 0 Å². The predicted octanol–water partition coefficient (Wildman–Crippen LogP) is 3.53. The maximum atomic E-state index is 10.00. The van der Waals surface area contributed by atoms with E-state index in [9.17, 15) is 5.11 Å². The molecule has 0 amide bonds. The SMILES string of the molecule is CC(C)(O)C1CCC(OCc2ccccc2)CC1. The van der Waals surface area contributed by atoms with Gasteiger partial charge in [-0.3, -0.25) is 0 Å². The van der Waals surface area contributed by atoms with Crippen LogP contribution in [0.2, 0.25) is 0 Å². The van der Waals surface area contributed by atoms with Gasteiger partial charge >= 0.3 is 0 Å². The van der Waals surface area contributed by atoms with Crippen molar-refractivity contribution in [2.24, 2.45) is 5.92 Å². The highest BCUT2D eigenvalue weighted by atomic mass is 16.5. The van der Waals surface area contributed by atoms with Gasteiger partial charge in [-0.1, -0.05) is 30.3 Å². The minimum absolute atomic E-state index is 0.365. The Morgan fingerprint density at radius 2 is 1.72 bits per heavy atom. The lowest BCUT2D eigenvalue weighted by molar-refractivity contribution is -0.0431. The van der Waals surface area contributed by atoms with Crippen molar-refractivity contribution in [2.75, 3.05) is 0 Å². The van der Waals surface area contributed by atoms with Crippen molar-refractivity contribution in [1.29, 1.82) is 0 Å². The van der Waals surface area contributed by atoms with E-state index in [4.69, 9.17) is 4.74 Å². The lowest BCUT2D eigenvalue weighted by atomic mass is 9.78. The molecule has 2 rings (SSSR count). The highest BCUT2D eigenvalue weighted by molar-refractivity contribution is 5.13. The fourth-order valence-electron chi connectivity index (χ4n) is 2.72. The zero-order valence-corrected chi connectivity index (χ0v) is 11.4. The van der Waals surface area contributed by atoms with E-state index in [1.54, 1.807) is 0 Å². The average molecular weight is 248 g/mol.